The number of amides is 1. The summed E-state index contributed by atoms with van der Waals surface area (Å²) in [5, 5.41) is 3.20. The Kier molecular flexibility index (Phi) is 9.38. The van der Waals surface area contributed by atoms with E-state index >= 15 is 0 Å². The quantitative estimate of drug-likeness (QED) is 0.361. The second-order valence-corrected chi connectivity index (χ2v) is 6.90. The molecule has 5 nitrogen and oxygen atoms in total. The summed E-state index contributed by atoms with van der Waals surface area (Å²) in [4.78, 5) is 12.2. The first-order chi connectivity index (χ1) is 14.1. The molecule has 0 unspecified atom stereocenters. The van der Waals surface area contributed by atoms with Crippen molar-refractivity contribution in [1.29, 1.82) is 0 Å². The summed E-state index contributed by atoms with van der Waals surface area (Å²) in [7, 11) is 3.14. The lowest BCUT2D eigenvalue weighted by atomic mass is 10.2. The smallest absolute Gasteiger partial charge is 0.248 e. The molecule has 0 fully saturated rings. The van der Waals surface area contributed by atoms with E-state index < -0.39 is 0 Å². The first-order valence-electron chi connectivity index (χ1n) is 9.70. The molecule has 0 saturated carbocycles. The van der Waals surface area contributed by atoms with Crippen molar-refractivity contribution < 1.29 is 19.0 Å². The van der Waals surface area contributed by atoms with E-state index in [1.165, 1.54) is 18.9 Å². The summed E-state index contributed by atoms with van der Waals surface area (Å²) < 4.78 is 16.3. The van der Waals surface area contributed by atoms with Crippen LogP contribution in [0.25, 0.3) is 6.08 Å². The van der Waals surface area contributed by atoms with E-state index in [-0.39, 0.29) is 5.91 Å². The molecular weight excluding hydrogens is 390 g/mol. The zero-order valence-corrected chi connectivity index (χ0v) is 17.9. The molecule has 156 valence electrons. The second kappa shape index (κ2) is 12.0. The highest BCUT2D eigenvalue weighted by Crippen LogP contribution is 2.29. The number of unbranched alkanes of at least 4 members (excludes halogenated alkanes) is 3. The molecule has 29 heavy (non-hydrogen) atoms. The van der Waals surface area contributed by atoms with E-state index in [4.69, 9.17) is 25.8 Å². The summed E-state index contributed by atoms with van der Waals surface area (Å²) in [6, 6.07) is 10.7. The number of benzene rings is 2. The Morgan fingerprint density at radius 2 is 1.76 bits per heavy atom. The summed E-state index contributed by atoms with van der Waals surface area (Å²) in [5.74, 6) is 1.64. The lowest BCUT2D eigenvalue weighted by Gasteiger charge is -2.11. The Hall–Kier alpha value is -2.66. The number of methoxy groups -OCH3 is 2. The fourth-order valence-electron chi connectivity index (χ4n) is 2.72. The van der Waals surface area contributed by atoms with Gasteiger partial charge in [0, 0.05) is 11.8 Å². The maximum Gasteiger partial charge on any atom is 0.248 e. The van der Waals surface area contributed by atoms with Gasteiger partial charge in [0.15, 0.2) is 11.5 Å². The minimum absolute atomic E-state index is 0.263. The minimum atomic E-state index is -0.263. The lowest BCUT2D eigenvalue weighted by Crippen LogP contribution is -2.07. The Labute approximate surface area is 177 Å². The van der Waals surface area contributed by atoms with Crippen LogP contribution in [0.2, 0.25) is 5.02 Å². The number of carbonyl (C=O) groups is 1. The molecule has 6 heteroatoms. The van der Waals surface area contributed by atoms with Crippen molar-refractivity contribution in [3.63, 3.8) is 0 Å². The van der Waals surface area contributed by atoms with Crippen LogP contribution in [0, 0.1) is 0 Å². The molecule has 0 spiro atoms. The Bertz CT molecular complexity index is 836. The van der Waals surface area contributed by atoms with Crippen molar-refractivity contribution >= 4 is 29.3 Å². The third kappa shape index (κ3) is 7.35. The van der Waals surface area contributed by atoms with E-state index in [1.54, 1.807) is 38.5 Å². The van der Waals surface area contributed by atoms with Gasteiger partial charge in [-0.2, -0.15) is 0 Å². The van der Waals surface area contributed by atoms with Gasteiger partial charge in [-0.05, 0) is 48.4 Å². The number of halogens is 1. The van der Waals surface area contributed by atoms with Gasteiger partial charge in [-0.25, -0.2) is 0 Å². The van der Waals surface area contributed by atoms with Crippen molar-refractivity contribution in [3.05, 3.63) is 53.1 Å². The molecule has 0 aliphatic carbocycles. The van der Waals surface area contributed by atoms with Gasteiger partial charge in [0.1, 0.15) is 5.75 Å². The van der Waals surface area contributed by atoms with Gasteiger partial charge in [0.25, 0.3) is 0 Å². The first-order valence-corrected chi connectivity index (χ1v) is 10.1. The molecule has 0 aromatic heterocycles. The van der Waals surface area contributed by atoms with Crippen molar-refractivity contribution in [2.24, 2.45) is 0 Å². The predicted molar refractivity (Wildman–Crippen MR) is 118 cm³/mol. The van der Waals surface area contributed by atoms with E-state index in [0.717, 1.165) is 18.4 Å². The zero-order valence-electron chi connectivity index (χ0n) is 17.2. The molecule has 0 saturated heterocycles. The van der Waals surface area contributed by atoms with E-state index in [0.29, 0.717) is 34.6 Å². The SMILES string of the molecule is CCCCCCOc1ccc(/C=C/C(=O)Nc2ccc(OC)c(Cl)c2)cc1OC. The molecule has 2 rings (SSSR count). The van der Waals surface area contributed by atoms with Gasteiger partial charge in [-0.1, -0.05) is 43.9 Å². The van der Waals surface area contributed by atoms with Crippen molar-refractivity contribution in [3.8, 4) is 17.2 Å². The first kappa shape index (κ1) is 22.6. The Morgan fingerprint density at radius 1 is 1.00 bits per heavy atom. The molecule has 0 heterocycles. The Morgan fingerprint density at radius 3 is 2.45 bits per heavy atom. The summed E-state index contributed by atoms with van der Waals surface area (Å²) in [5.41, 5.74) is 1.43. The van der Waals surface area contributed by atoms with Gasteiger partial charge >= 0.3 is 0 Å². The van der Waals surface area contributed by atoms with Crippen LogP contribution in [-0.2, 0) is 4.79 Å². The minimum Gasteiger partial charge on any atom is -0.495 e. The maximum absolute atomic E-state index is 12.2. The van der Waals surface area contributed by atoms with Crippen LogP contribution in [0.5, 0.6) is 17.2 Å². The third-order valence-electron chi connectivity index (χ3n) is 4.29. The molecule has 0 aliphatic rings. The van der Waals surface area contributed by atoms with Crippen LogP contribution in [0.1, 0.15) is 38.2 Å². The van der Waals surface area contributed by atoms with Crippen molar-refractivity contribution in [2.45, 2.75) is 32.6 Å². The topological polar surface area (TPSA) is 56.8 Å². The fourth-order valence-corrected chi connectivity index (χ4v) is 2.98. The molecule has 0 aliphatic heterocycles. The second-order valence-electron chi connectivity index (χ2n) is 6.49. The van der Waals surface area contributed by atoms with Gasteiger partial charge in [-0.3, -0.25) is 4.79 Å². The van der Waals surface area contributed by atoms with Crippen LogP contribution in [0.15, 0.2) is 42.5 Å². The number of anilines is 1. The number of ether oxygens (including phenoxy) is 3. The number of hydrogen-bond donors (Lipinski definition) is 1. The van der Waals surface area contributed by atoms with E-state index in [2.05, 4.69) is 12.2 Å². The van der Waals surface area contributed by atoms with Crippen LogP contribution >= 0.6 is 11.6 Å². The molecule has 0 radical (unpaired) electrons. The Balaban J connectivity index is 1.95. The predicted octanol–water partition coefficient (Wildman–Crippen LogP) is 5.97. The lowest BCUT2D eigenvalue weighted by molar-refractivity contribution is -0.111. The summed E-state index contributed by atoms with van der Waals surface area (Å²) in [6.07, 6.45) is 7.77. The number of hydrogen-bond acceptors (Lipinski definition) is 4. The van der Waals surface area contributed by atoms with Gasteiger partial charge < -0.3 is 19.5 Å². The van der Waals surface area contributed by atoms with E-state index in [1.807, 2.05) is 18.2 Å². The standard InChI is InChI=1S/C23H28ClNO4/c1-4-5-6-7-14-29-21-11-8-17(15-22(21)28-3)9-13-23(26)25-18-10-12-20(27-2)19(24)16-18/h8-13,15-16H,4-7,14H2,1-3H3,(H,25,26)/b13-9+. The third-order valence-corrected chi connectivity index (χ3v) is 4.58. The molecule has 0 bridgehead atoms. The number of carbonyl (C=O) groups excluding carboxylic acids is 1. The molecule has 0 atom stereocenters. The van der Waals surface area contributed by atoms with Crippen LogP contribution < -0.4 is 19.5 Å². The highest BCUT2D eigenvalue weighted by molar-refractivity contribution is 6.32. The van der Waals surface area contributed by atoms with Gasteiger partial charge in [0.05, 0.1) is 25.8 Å². The van der Waals surface area contributed by atoms with Crippen molar-refractivity contribution in [2.75, 3.05) is 26.1 Å². The normalized spacial score (nSPS) is 10.8. The average Bonchev–Trinajstić information content (AvgIpc) is 2.72. The average molecular weight is 418 g/mol. The van der Waals surface area contributed by atoms with Crippen LogP contribution in [-0.4, -0.2) is 26.7 Å². The van der Waals surface area contributed by atoms with Crippen molar-refractivity contribution in [1.82, 2.24) is 0 Å². The van der Waals surface area contributed by atoms with E-state index in [9.17, 15) is 4.79 Å². The number of rotatable bonds is 11. The zero-order chi connectivity index (χ0) is 21.1. The maximum atomic E-state index is 12.2. The molecule has 2 aromatic rings. The molecular formula is C23H28ClNO4. The molecule has 2 aromatic carbocycles. The van der Waals surface area contributed by atoms with Crippen LogP contribution in [0.4, 0.5) is 5.69 Å². The highest BCUT2D eigenvalue weighted by atomic mass is 35.5. The summed E-state index contributed by atoms with van der Waals surface area (Å²) in [6.45, 7) is 2.85. The highest BCUT2D eigenvalue weighted by Gasteiger charge is 2.06. The molecule has 1 N–H and O–H groups in total. The summed E-state index contributed by atoms with van der Waals surface area (Å²) >= 11 is 6.08. The number of nitrogens with one attached hydrogen (secondary N) is 1. The molecule has 1 amide bonds. The van der Waals surface area contributed by atoms with Crippen LogP contribution in [0.3, 0.4) is 0 Å². The van der Waals surface area contributed by atoms with Gasteiger partial charge in [-0.15, -0.1) is 0 Å². The largest absolute Gasteiger partial charge is 0.495 e. The van der Waals surface area contributed by atoms with Gasteiger partial charge in [0.2, 0.25) is 5.91 Å². The fraction of sp³-hybridized carbons (Fsp3) is 0.348. The monoisotopic (exact) mass is 417 g/mol.